The van der Waals surface area contributed by atoms with Crippen molar-refractivity contribution in [2.24, 2.45) is 0 Å². The number of amides is 1. The fourth-order valence-electron chi connectivity index (χ4n) is 8.29. The molecule has 9 N–H and O–H groups in total. The number of allylic oxidation sites excluding steroid dienone is 5. The minimum atomic E-state index is -1.79. The van der Waals surface area contributed by atoms with E-state index in [1.165, 1.54) is 109 Å². The highest BCUT2D eigenvalue weighted by Crippen LogP contribution is 2.30. The van der Waals surface area contributed by atoms with Crippen molar-refractivity contribution >= 4 is 5.91 Å². The van der Waals surface area contributed by atoms with E-state index in [-0.39, 0.29) is 18.9 Å². The largest absolute Gasteiger partial charge is 0.394 e. The number of ether oxygens (including phenoxy) is 4. The molecule has 1 amide bonds. The highest BCUT2D eigenvalue weighted by Gasteiger charge is 2.51. The Morgan fingerprint density at radius 3 is 1.55 bits per heavy atom. The molecule has 2 saturated heterocycles. The van der Waals surface area contributed by atoms with Crippen molar-refractivity contribution in [1.82, 2.24) is 5.32 Å². The topological polar surface area (TPSA) is 228 Å². The number of hydrogen-bond donors (Lipinski definition) is 9. The van der Waals surface area contributed by atoms with Crippen LogP contribution in [0.25, 0.3) is 0 Å². The van der Waals surface area contributed by atoms with Crippen molar-refractivity contribution in [3.8, 4) is 0 Å². The first-order chi connectivity index (χ1) is 31.6. The van der Waals surface area contributed by atoms with Crippen LogP contribution in [0.3, 0.4) is 0 Å². The highest BCUT2D eigenvalue weighted by atomic mass is 16.7. The monoisotopic (exact) mass is 928 g/mol. The fourth-order valence-corrected chi connectivity index (χ4v) is 8.29. The summed E-state index contributed by atoms with van der Waals surface area (Å²) in [6.45, 7) is 2.68. The summed E-state index contributed by atoms with van der Waals surface area (Å²) in [6.07, 6.45) is 26.5. The summed E-state index contributed by atoms with van der Waals surface area (Å²) < 4.78 is 22.6. The summed E-state index contributed by atoms with van der Waals surface area (Å²) in [5.41, 5.74) is 0. The molecular weight excluding hydrogens is 835 g/mol. The molecule has 0 radical (unpaired) electrons. The van der Waals surface area contributed by atoms with Gasteiger partial charge in [-0.3, -0.25) is 4.79 Å². The van der Waals surface area contributed by atoms with Gasteiger partial charge in [-0.05, 0) is 51.4 Å². The van der Waals surface area contributed by atoms with Crippen LogP contribution in [0.4, 0.5) is 0 Å². The number of aliphatic hydroxyl groups is 8. The Bertz CT molecular complexity index is 1230. The summed E-state index contributed by atoms with van der Waals surface area (Å²) in [4.78, 5) is 13.1. The second-order valence-corrected chi connectivity index (χ2v) is 18.3. The first-order valence-electron chi connectivity index (χ1n) is 25.7. The van der Waals surface area contributed by atoms with Gasteiger partial charge < -0.3 is 65.1 Å². The molecular formula is C51H93NO13. The van der Waals surface area contributed by atoms with Gasteiger partial charge in [0.25, 0.3) is 0 Å². The maximum absolute atomic E-state index is 13.1. The molecule has 380 valence electrons. The first kappa shape index (κ1) is 59.3. The lowest BCUT2D eigenvalue weighted by atomic mass is 9.97. The third-order valence-corrected chi connectivity index (χ3v) is 12.5. The second kappa shape index (κ2) is 38.1. The summed E-state index contributed by atoms with van der Waals surface area (Å²) in [5, 5.41) is 86.4. The van der Waals surface area contributed by atoms with Crippen molar-refractivity contribution in [3.63, 3.8) is 0 Å². The van der Waals surface area contributed by atoms with E-state index in [9.17, 15) is 45.6 Å². The van der Waals surface area contributed by atoms with E-state index in [4.69, 9.17) is 18.9 Å². The smallest absolute Gasteiger partial charge is 0.220 e. The summed E-state index contributed by atoms with van der Waals surface area (Å²) in [5.74, 6) is -0.254. The van der Waals surface area contributed by atoms with Gasteiger partial charge in [-0.1, -0.05) is 166 Å². The Morgan fingerprint density at radius 1 is 0.538 bits per heavy atom. The molecule has 2 aliphatic heterocycles. The third kappa shape index (κ3) is 25.4. The molecule has 0 aliphatic carbocycles. The molecule has 0 spiro atoms. The number of rotatable bonds is 39. The lowest BCUT2D eigenvalue weighted by molar-refractivity contribution is -0.359. The zero-order valence-corrected chi connectivity index (χ0v) is 40.2. The normalized spacial score (nSPS) is 27.3. The molecule has 0 aromatic rings. The number of unbranched alkanes of at least 4 members (excludes halogenated alkanes) is 22. The van der Waals surface area contributed by atoms with Crippen LogP contribution in [0, 0.1) is 0 Å². The lowest BCUT2D eigenvalue weighted by Crippen LogP contribution is -2.65. The summed E-state index contributed by atoms with van der Waals surface area (Å²) in [7, 11) is 0. The zero-order valence-electron chi connectivity index (χ0n) is 40.2. The van der Waals surface area contributed by atoms with Crippen molar-refractivity contribution in [1.29, 1.82) is 0 Å². The van der Waals surface area contributed by atoms with E-state index in [0.717, 1.165) is 44.9 Å². The van der Waals surface area contributed by atoms with Gasteiger partial charge >= 0.3 is 0 Å². The predicted octanol–water partition coefficient (Wildman–Crippen LogP) is 6.71. The van der Waals surface area contributed by atoms with Crippen LogP contribution < -0.4 is 5.32 Å². The van der Waals surface area contributed by atoms with E-state index in [0.29, 0.717) is 12.8 Å². The number of carbonyl (C=O) groups is 1. The Balaban J connectivity index is 1.74. The number of nitrogens with one attached hydrogen (secondary N) is 1. The number of carbonyl (C=O) groups excluding carboxylic acids is 1. The van der Waals surface area contributed by atoms with Gasteiger partial charge in [0.05, 0.1) is 32.0 Å². The standard InChI is InChI=1S/C51H93NO13/c1-3-5-7-9-11-13-14-15-16-17-18-19-20-21-22-23-24-25-26-27-29-31-33-35-43(56)52-39(40(55)34-32-30-28-12-10-8-6-4-2)38-62-50-48(61)46(59)49(42(37-54)64-50)65-51-47(60)45(58)44(57)41(36-53)63-51/h10,12,17-18,32,34,39-42,44-51,53-55,57-61H,3-9,11,13-16,19-31,33,35-38H2,1-2H3,(H,52,56)/b12-10+,18-17-,34-32+. The van der Waals surface area contributed by atoms with Gasteiger partial charge in [-0.15, -0.1) is 0 Å². The molecule has 0 aromatic carbocycles. The van der Waals surface area contributed by atoms with Crippen LogP contribution in [0.1, 0.15) is 187 Å². The van der Waals surface area contributed by atoms with Gasteiger partial charge in [0, 0.05) is 6.42 Å². The van der Waals surface area contributed by atoms with E-state index in [2.05, 4.69) is 43.5 Å². The van der Waals surface area contributed by atoms with Crippen molar-refractivity contribution in [2.45, 2.75) is 261 Å². The molecule has 2 aliphatic rings. The Kier molecular flexibility index (Phi) is 34.8. The highest BCUT2D eigenvalue weighted by molar-refractivity contribution is 5.76. The quantitative estimate of drug-likeness (QED) is 0.0231. The van der Waals surface area contributed by atoms with Crippen molar-refractivity contribution in [2.75, 3.05) is 19.8 Å². The van der Waals surface area contributed by atoms with Gasteiger partial charge in [-0.2, -0.15) is 0 Å². The van der Waals surface area contributed by atoms with E-state index in [1.54, 1.807) is 6.08 Å². The van der Waals surface area contributed by atoms with Crippen LogP contribution in [0.5, 0.6) is 0 Å². The molecule has 2 heterocycles. The van der Waals surface area contributed by atoms with Crippen LogP contribution in [0.15, 0.2) is 36.5 Å². The van der Waals surface area contributed by atoms with Gasteiger partial charge in [0.2, 0.25) is 5.91 Å². The number of aliphatic hydroxyl groups excluding tert-OH is 8. The van der Waals surface area contributed by atoms with Crippen LogP contribution in [-0.4, -0.2) is 140 Å². The SMILES string of the molecule is CCCC/C=C/CC/C=C/C(O)C(COC1OC(CO)C(OC2OC(CO)C(O)C(O)C2O)C(O)C1O)NC(=O)CCCCCCCCCCCCC/C=C\CCCCCCCCCC. The van der Waals surface area contributed by atoms with Gasteiger partial charge in [0.15, 0.2) is 12.6 Å². The number of hydrogen-bond acceptors (Lipinski definition) is 13. The van der Waals surface area contributed by atoms with Crippen LogP contribution >= 0.6 is 0 Å². The third-order valence-electron chi connectivity index (χ3n) is 12.5. The molecule has 65 heavy (non-hydrogen) atoms. The van der Waals surface area contributed by atoms with E-state index < -0.39 is 86.8 Å². The average molecular weight is 928 g/mol. The Morgan fingerprint density at radius 2 is 1.00 bits per heavy atom. The first-order valence-corrected chi connectivity index (χ1v) is 25.7. The van der Waals surface area contributed by atoms with Gasteiger partial charge in [-0.25, -0.2) is 0 Å². The molecule has 14 heteroatoms. The zero-order chi connectivity index (χ0) is 47.5. The Labute approximate surface area is 391 Å². The van der Waals surface area contributed by atoms with Crippen molar-refractivity contribution in [3.05, 3.63) is 36.5 Å². The maximum atomic E-state index is 13.1. The fraction of sp³-hybridized carbons (Fsp3) is 0.863. The lowest BCUT2D eigenvalue weighted by Gasteiger charge is -2.46. The maximum Gasteiger partial charge on any atom is 0.220 e. The molecule has 12 unspecified atom stereocenters. The molecule has 12 atom stereocenters. The van der Waals surface area contributed by atoms with Crippen LogP contribution in [0.2, 0.25) is 0 Å². The molecule has 0 saturated carbocycles. The van der Waals surface area contributed by atoms with E-state index >= 15 is 0 Å². The summed E-state index contributed by atoms with van der Waals surface area (Å²) >= 11 is 0. The summed E-state index contributed by atoms with van der Waals surface area (Å²) in [6, 6.07) is -0.927. The molecule has 2 rings (SSSR count). The molecule has 0 aromatic heterocycles. The predicted molar refractivity (Wildman–Crippen MR) is 254 cm³/mol. The minimum Gasteiger partial charge on any atom is -0.394 e. The van der Waals surface area contributed by atoms with Crippen LogP contribution in [-0.2, 0) is 23.7 Å². The molecule has 14 nitrogen and oxygen atoms in total. The van der Waals surface area contributed by atoms with E-state index in [1.807, 2.05) is 6.08 Å². The molecule has 0 bridgehead atoms. The second-order valence-electron chi connectivity index (χ2n) is 18.3. The molecule has 2 fully saturated rings. The van der Waals surface area contributed by atoms with Crippen molar-refractivity contribution < 1.29 is 64.6 Å². The Hall–Kier alpha value is -1.79. The van der Waals surface area contributed by atoms with Gasteiger partial charge in [0.1, 0.15) is 48.8 Å². The average Bonchev–Trinajstić information content (AvgIpc) is 3.30. The minimum absolute atomic E-state index is 0.254.